The van der Waals surface area contributed by atoms with Gasteiger partial charge < -0.3 is 15.0 Å². The van der Waals surface area contributed by atoms with Crippen LogP contribution in [0.15, 0.2) is 24.3 Å². The molecule has 0 aliphatic carbocycles. The molecule has 138 valence electrons. The molecule has 1 aromatic carbocycles. The number of benzene rings is 1. The monoisotopic (exact) mass is 357 g/mol. The summed E-state index contributed by atoms with van der Waals surface area (Å²) in [5, 5.41) is 11.0. The molecule has 0 spiro atoms. The lowest BCUT2D eigenvalue weighted by Crippen LogP contribution is -2.44. The summed E-state index contributed by atoms with van der Waals surface area (Å²) in [6, 6.07) is 7.84. The molecule has 0 radical (unpaired) electrons. The fourth-order valence-corrected chi connectivity index (χ4v) is 3.14. The van der Waals surface area contributed by atoms with Crippen LogP contribution in [0.2, 0.25) is 0 Å². The number of nitrogens with zero attached hydrogens (tertiary/aromatic N) is 2. The third kappa shape index (κ3) is 5.59. The number of nitriles is 1. The van der Waals surface area contributed by atoms with Crippen molar-refractivity contribution in [2.24, 2.45) is 11.8 Å². The van der Waals surface area contributed by atoms with Crippen LogP contribution in [0.5, 0.6) is 0 Å². The molecule has 0 bridgehead atoms. The van der Waals surface area contributed by atoms with E-state index in [0.29, 0.717) is 30.6 Å². The number of anilines is 1. The molecule has 1 aliphatic heterocycles. The zero-order chi connectivity index (χ0) is 19.1. The summed E-state index contributed by atoms with van der Waals surface area (Å²) >= 11 is 0. The van der Waals surface area contributed by atoms with Gasteiger partial charge in [-0.15, -0.1) is 0 Å². The minimum atomic E-state index is -0.591. The van der Waals surface area contributed by atoms with Crippen LogP contribution < -0.4 is 5.32 Å². The van der Waals surface area contributed by atoms with Gasteiger partial charge >= 0.3 is 5.97 Å². The normalized spacial score (nSPS) is 19.3. The Labute approximate surface area is 152 Å². The van der Waals surface area contributed by atoms with E-state index in [1.807, 2.05) is 0 Å². The summed E-state index contributed by atoms with van der Waals surface area (Å²) in [5.74, 6) is -0.300. The largest absolute Gasteiger partial charge is 0.452 e. The average molecular weight is 357 g/mol. The van der Waals surface area contributed by atoms with Crippen LogP contribution in [0.4, 0.5) is 5.69 Å². The third-order valence-electron chi connectivity index (χ3n) is 4.19. The Kier molecular flexibility index (Phi) is 6.73. The highest BCUT2D eigenvalue weighted by molar-refractivity contribution is 5.94. The maximum Gasteiger partial charge on any atom is 0.338 e. The second-order valence-electron chi connectivity index (χ2n) is 6.78. The van der Waals surface area contributed by atoms with E-state index in [2.05, 4.69) is 19.2 Å². The van der Waals surface area contributed by atoms with Crippen molar-refractivity contribution >= 4 is 23.5 Å². The Bertz CT molecular complexity index is 698. The number of hydrogen-bond acceptors (Lipinski definition) is 5. The van der Waals surface area contributed by atoms with Crippen molar-refractivity contribution in [2.75, 3.05) is 25.0 Å². The number of piperidine rings is 1. The third-order valence-corrected chi connectivity index (χ3v) is 4.19. The topological polar surface area (TPSA) is 99.5 Å². The van der Waals surface area contributed by atoms with E-state index in [0.717, 1.165) is 6.42 Å². The van der Waals surface area contributed by atoms with Gasteiger partial charge in [0, 0.05) is 18.8 Å². The maximum atomic E-state index is 12.2. The van der Waals surface area contributed by atoms with Gasteiger partial charge in [-0.05, 0) is 42.5 Å². The number of ether oxygens (including phenoxy) is 1. The second kappa shape index (κ2) is 8.99. The van der Waals surface area contributed by atoms with Gasteiger partial charge in [-0.1, -0.05) is 13.8 Å². The standard InChI is InChI=1S/C19H23N3O4/c1-13-9-14(2)11-22(10-13)18(24)12-26-19(25)15-3-5-16(6-4-15)21-17(23)7-8-20/h3-6,13-14H,7,9-12H2,1-2H3,(H,21,23)/t13-,14-/m0/s1. The van der Waals surface area contributed by atoms with Crippen molar-refractivity contribution in [2.45, 2.75) is 26.7 Å². The van der Waals surface area contributed by atoms with Crippen molar-refractivity contribution < 1.29 is 19.1 Å². The number of esters is 1. The van der Waals surface area contributed by atoms with Gasteiger partial charge in [0.2, 0.25) is 5.91 Å². The molecule has 0 saturated carbocycles. The van der Waals surface area contributed by atoms with Crippen LogP contribution in [0, 0.1) is 23.2 Å². The van der Waals surface area contributed by atoms with Gasteiger partial charge in [0.15, 0.2) is 6.61 Å². The fourth-order valence-electron chi connectivity index (χ4n) is 3.14. The van der Waals surface area contributed by atoms with Gasteiger partial charge in [-0.2, -0.15) is 5.26 Å². The number of carbonyl (C=O) groups excluding carboxylic acids is 3. The molecular weight excluding hydrogens is 334 g/mol. The lowest BCUT2D eigenvalue weighted by atomic mass is 9.92. The fraction of sp³-hybridized carbons (Fsp3) is 0.474. The molecule has 7 nitrogen and oxygen atoms in total. The number of hydrogen-bond donors (Lipinski definition) is 1. The molecule has 1 heterocycles. The van der Waals surface area contributed by atoms with E-state index in [9.17, 15) is 14.4 Å². The summed E-state index contributed by atoms with van der Waals surface area (Å²) in [6.45, 7) is 5.33. The van der Waals surface area contributed by atoms with Gasteiger partial charge in [-0.25, -0.2) is 4.79 Å². The van der Waals surface area contributed by atoms with Gasteiger partial charge in [0.25, 0.3) is 5.91 Å². The summed E-state index contributed by atoms with van der Waals surface area (Å²) in [7, 11) is 0. The van der Waals surface area contributed by atoms with E-state index < -0.39 is 11.9 Å². The molecule has 1 aliphatic rings. The molecule has 2 rings (SSSR count). The van der Waals surface area contributed by atoms with Crippen LogP contribution >= 0.6 is 0 Å². The van der Waals surface area contributed by atoms with Crippen LogP contribution in [-0.2, 0) is 14.3 Å². The number of rotatable bonds is 5. The maximum absolute atomic E-state index is 12.2. The Morgan fingerprint density at radius 2 is 1.81 bits per heavy atom. The highest BCUT2D eigenvalue weighted by atomic mass is 16.5. The van der Waals surface area contributed by atoms with Crippen molar-refractivity contribution in [3.8, 4) is 6.07 Å². The van der Waals surface area contributed by atoms with Crippen LogP contribution in [-0.4, -0.2) is 42.4 Å². The highest BCUT2D eigenvalue weighted by Gasteiger charge is 2.26. The molecule has 2 atom stereocenters. The highest BCUT2D eigenvalue weighted by Crippen LogP contribution is 2.21. The molecule has 1 aromatic rings. The molecule has 1 saturated heterocycles. The molecule has 0 aromatic heterocycles. The van der Waals surface area contributed by atoms with Gasteiger partial charge in [0.1, 0.15) is 6.42 Å². The van der Waals surface area contributed by atoms with Crippen molar-refractivity contribution in [1.82, 2.24) is 4.90 Å². The summed E-state index contributed by atoms with van der Waals surface area (Å²) in [4.78, 5) is 37.4. The van der Waals surface area contributed by atoms with Crippen molar-refractivity contribution in [3.05, 3.63) is 29.8 Å². The number of amides is 2. The number of likely N-dealkylation sites (tertiary alicyclic amines) is 1. The Morgan fingerprint density at radius 1 is 1.19 bits per heavy atom. The Hall–Kier alpha value is -2.88. The molecule has 1 N–H and O–H groups in total. The minimum Gasteiger partial charge on any atom is -0.452 e. The molecule has 2 amide bonds. The number of carbonyl (C=O) groups is 3. The number of nitrogens with one attached hydrogen (secondary N) is 1. The zero-order valence-electron chi connectivity index (χ0n) is 15.0. The van der Waals surface area contributed by atoms with E-state index >= 15 is 0 Å². The average Bonchev–Trinajstić information content (AvgIpc) is 2.59. The molecule has 26 heavy (non-hydrogen) atoms. The van der Waals surface area contributed by atoms with E-state index in [1.54, 1.807) is 23.1 Å². The minimum absolute atomic E-state index is 0.183. The van der Waals surface area contributed by atoms with Crippen molar-refractivity contribution in [3.63, 3.8) is 0 Å². The van der Waals surface area contributed by atoms with E-state index in [1.165, 1.54) is 12.1 Å². The molecular formula is C19H23N3O4. The zero-order valence-corrected chi connectivity index (χ0v) is 15.0. The predicted molar refractivity (Wildman–Crippen MR) is 95.1 cm³/mol. The summed E-state index contributed by atoms with van der Waals surface area (Å²) in [6.07, 6.45) is 0.862. The first-order valence-electron chi connectivity index (χ1n) is 8.60. The Morgan fingerprint density at radius 3 is 2.38 bits per heavy atom. The van der Waals surface area contributed by atoms with E-state index in [-0.39, 0.29) is 24.5 Å². The first kappa shape index (κ1) is 19.4. The predicted octanol–water partition coefficient (Wildman–Crippen LogP) is 2.20. The second-order valence-corrected chi connectivity index (χ2v) is 6.78. The first-order chi connectivity index (χ1) is 12.4. The Balaban J connectivity index is 1.85. The molecule has 7 heteroatoms. The lowest BCUT2D eigenvalue weighted by molar-refractivity contribution is -0.137. The van der Waals surface area contributed by atoms with Gasteiger partial charge in [0.05, 0.1) is 11.6 Å². The molecule has 1 fully saturated rings. The van der Waals surface area contributed by atoms with Crippen LogP contribution in [0.25, 0.3) is 0 Å². The van der Waals surface area contributed by atoms with Crippen LogP contribution in [0.3, 0.4) is 0 Å². The van der Waals surface area contributed by atoms with Gasteiger partial charge in [-0.3, -0.25) is 9.59 Å². The lowest BCUT2D eigenvalue weighted by Gasteiger charge is -2.34. The summed E-state index contributed by atoms with van der Waals surface area (Å²) in [5.41, 5.74) is 0.769. The summed E-state index contributed by atoms with van der Waals surface area (Å²) < 4.78 is 5.11. The SMILES string of the molecule is C[C@H]1C[C@H](C)CN(C(=O)COC(=O)c2ccc(NC(=O)CC#N)cc2)C1. The first-order valence-corrected chi connectivity index (χ1v) is 8.60. The van der Waals surface area contributed by atoms with Crippen LogP contribution in [0.1, 0.15) is 37.0 Å². The van der Waals surface area contributed by atoms with Crippen molar-refractivity contribution in [1.29, 1.82) is 5.26 Å². The van der Waals surface area contributed by atoms with E-state index in [4.69, 9.17) is 10.00 Å². The molecule has 0 unspecified atom stereocenters. The quantitative estimate of drug-likeness (QED) is 0.815. The smallest absolute Gasteiger partial charge is 0.338 e.